The number of rotatable bonds is 8. The van der Waals surface area contributed by atoms with E-state index in [0.29, 0.717) is 22.1 Å². The number of aryl methyl sites for hydroxylation is 1. The van der Waals surface area contributed by atoms with Gasteiger partial charge in [-0.2, -0.15) is 0 Å². The smallest absolute Gasteiger partial charge is 0.337 e. The number of benzene rings is 2. The Hall–Kier alpha value is -3.40. The van der Waals surface area contributed by atoms with Gasteiger partial charge in [0, 0.05) is 10.6 Å². The molecule has 0 aliphatic rings. The van der Waals surface area contributed by atoms with E-state index in [9.17, 15) is 14.9 Å². The van der Waals surface area contributed by atoms with Crippen LogP contribution in [-0.2, 0) is 4.74 Å². The monoisotopic (exact) mass is 428 g/mol. The minimum Gasteiger partial charge on any atom is -0.497 e. The van der Waals surface area contributed by atoms with Gasteiger partial charge in [0.1, 0.15) is 16.8 Å². The second kappa shape index (κ2) is 9.40. The zero-order valence-corrected chi connectivity index (χ0v) is 17.5. The number of hydrogen-bond donors (Lipinski definition) is 0. The summed E-state index contributed by atoms with van der Waals surface area (Å²) in [5, 5.41) is 19.6. The summed E-state index contributed by atoms with van der Waals surface area (Å²) in [4.78, 5) is 22.6. The number of carbonyl (C=O) groups excluding carboxylic acids is 1. The lowest BCUT2D eigenvalue weighted by Crippen LogP contribution is -2.11. The highest BCUT2D eigenvalue weighted by Crippen LogP contribution is 2.36. The van der Waals surface area contributed by atoms with Crippen LogP contribution in [0.2, 0.25) is 0 Å². The summed E-state index contributed by atoms with van der Waals surface area (Å²) in [6.07, 6.45) is 0. The van der Waals surface area contributed by atoms with Gasteiger partial charge in [0.05, 0.1) is 19.8 Å². The highest BCUT2D eigenvalue weighted by molar-refractivity contribution is 7.99. The number of nitrogens with zero attached hydrogens (tertiary/aromatic N) is 4. The molecular formula is C20H20N4O5S. The quantitative estimate of drug-likeness (QED) is 0.232. The van der Waals surface area contributed by atoms with Gasteiger partial charge in [-0.05, 0) is 48.9 Å². The van der Waals surface area contributed by atoms with Gasteiger partial charge in [0.15, 0.2) is 5.16 Å². The molecule has 1 atom stereocenters. The Kier molecular flexibility index (Phi) is 6.68. The van der Waals surface area contributed by atoms with Gasteiger partial charge in [-0.15, -0.1) is 10.2 Å². The maximum Gasteiger partial charge on any atom is 0.337 e. The molecular weight excluding hydrogens is 408 g/mol. The molecule has 0 radical (unpaired) electrons. The van der Waals surface area contributed by atoms with E-state index in [-0.39, 0.29) is 11.5 Å². The van der Waals surface area contributed by atoms with Crippen molar-refractivity contribution < 1.29 is 19.2 Å². The van der Waals surface area contributed by atoms with Crippen molar-refractivity contribution in [1.29, 1.82) is 0 Å². The van der Waals surface area contributed by atoms with Gasteiger partial charge in [-0.1, -0.05) is 23.9 Å². The molecule has 10 heteroatoms. The molecule has 0 saturated carbocycles. The number of hydrogen-bond acceptors (Lipinski definition) is 8. The predicted octanol–water partition coefficient (Wildman–Crippen LogP) is 3.48. The molecule has 2 aromatic carbocycles. The van der Waals surface area contributed by atoms with Crippen LogP contribution in [0.1, 0.15) is 27.0 Å². The van der Waals surface area contributed by atoms with Gasteiger partial charge in [0.25, 0.3) is 0 Å². The van der Waals surface area contributed by atoms with Crippen molar-refractivity contribution in [3.63, 3.8) is 0 Å². The van der Waals surface area contributed by atoms with Crippen LogP contribution in [-0.4, -0.2) is 46.4 Å². The van der Waals surface area contributed by atoms with Crippen LogP contribution in [0.15, 0.2) is 53.7 Å². The summed E-state index contributed by atoms with van der Waals surface area (Å²) in [6.45, 7) is 1.51. The number of thioether (sulfide) groups is 1. The average molecular weight is 428 g/mol. The first kappa shape index (κ1) is 21.3. The maximum absolute atomic E-state index is 11.6. The zero-order valence-electron chi connectivity index (χ0n) is 16.6. The van der Waals surface area contributed by atoms with E-state index in [2.05, 4.69) is 10.2 Å². The molecule has 9 nitrogen and oxygen atoms in total. The second-order valence-electron chi connectivity index (χ2n) is 6.30. The molecule has 0 saturated heterocycles. The number of nitro groups is 1. The third-order valence-electron chi connectivity index (χ3n) is 4.39. The van der Waals surface area contributed by atoms with Crippen molar-refractivity contribution in [2.24, 2.45) is 0 Å². The highest BCUT2D eigenvalue weighted by atomic mass is 32.2. The minimum absolute atomic E-state index is 0.309. The van der Waals surface area contributed by atoms with Crippen molar-refractivity contribution in [3.05, 3.63) is 75.6 Å². The van der Waals surface area contributed by atoms with E-state index in [1.165, 1.54) is 18.9 Å². The van der Waals surface area contributed by atoms with Crippen LogP contribution >= 0.6 is 11.8 Å². The largest absolute Gasteiger partial charge is 0.497 e. The lowest BCUT2D eigenvalue weighted by Gasteiger charge is -2.15. The highest BCUT2D eigenvalue weighted by Gasteiger charge is 2.24. The minimum atomic E-state index is -0.521. The fourth-order valence-corrected chi connectivity index (χ4v) is 4.05. The fourth-order valence-electron chi connectivity index (χ4n) is 2.87. The topological polar surface area (TPSA) is 109 Å². The molecule has 0 bridgehead atoms. The zero-order chi connectivity index (χ0) is 21.7. The van der Waals surface area contributed by atoms with E-state index in [1.807, 2.05) is 35.8 Å². The Morgan fingerprint density at radius 3 is 2.37 bits per heavy atom. The molecule has 1 heterocycles. The Bertz CT molecular complexity index is 1030. The van der Waals surface area contributed by atoms with Crippen LogP contribution in [0.4, 0.5) is 0 Å². The second-order valence-corrected chi connectivity index (χ2v) is 7.47. The molecule has 0 aliphatic carbocycles. The average Bonchev–Trinajstić information content (AvgIpc) is 3.12. The van der Waals surface area contributed by atoms with E-state index < -0.39 is 11.2 Å². The Morgan fingerprint density at radius 1 is 1.13 bits per heavy atom. The van der Waals surface area contributed by atoms with Crippen molar-refractivity contribution in [1.82, 2.24) is 14.8 Å². The fraction of sp³-hybridized carbons (Fsp3) is 0.250. The summed E-state index contributed by atoms with van der Waals surface area (Å²) in [5.41, 5.74) is 1.90. The predicted molar refractivity (Wildman–Crippen MR) is 111 cm³/mol. The summed E-state index contributed by atoms with van der Waals surface area (Å²) >= 11 is 1.24. The first-order chi connectivity index (χ1) is 14.4. The van der Waals surface area contributed by atoms with E-state index in [4.69, 9.17) is 9.47 Å². The summed E-state index contributed by atoms with van der Waals surface area (Å²) < 4.78 is 11.7. The molecule has 0 spiro atoms. The number of aromatic nitrogens is 3. The number of methoxy groups -OCH3 is 2. The Balaban J connectivity index is 1.92. The third kappa shape index (κ3) is 4.77. The van der Waals surface area contributed by atoms with Crippen LogP contribution in [0.25, 0.3) is 5.69 Å². The first-order valence-corrected chi connectivity index (χ1v) is 9.84. The van der Waals surface area contributed by atoms with Crippen LogP contribution < -0.4 is 4.74 Å². The lowest BCUT2D eigenvalue weighted by molar-refractivity contribution is -0.479. The standard InChI is InChI=1S/C20H20N4O5S/c1-13-21-22-20(24(13)16-8-10-17(28-2)11-9-16)30-18(12-23(26)27)14-4-6-15(7-5-14)19(25)29-3/h4-11,18H,12H2,1-3H3/t18-/m0/s1. The van der Waals surface area contributed by atoms with Crippen LogP contribution in [0, 0.1) is 17.0 Å². The van der Waals surface area contributed by atoms with Crippen LogP contribution in [0.5, 0.6) is 5.75 Å². The number of esters is 1. The molecule has 3 aromatic rings. The van der Waals surface area contributed by atoms with Gasteiger partial charge < -0.3 is 9.47 Å². The molecule has 156 valence electrons. The van der Waals surface area contributed by atoms with Gasteiger partial charge in [0.2, 0.25) is 6.54 Å². The molecule has 0 aliphatic heterocycles. The van der Waals surface area contributed by atoms with Crippen molar-refractivity contribution in [3.8, 4) is 11.4 Å². The third-order valence-corrected chi connectivity index (χ3v) is 5.57. The van der Waals surface area contributed by atoms with E-state index in [0.717, 1.165) is 11.4 Å². The van der Waals surface area contributed by atoms with E-state index in [1.54, 1.807) is 31.4 Å². The molecule has 0 N–H and O–H groups in total. The van der Waals surface area contributed by atoms with Crippen molar-refractivity contribution >= 4 is 17.7 Å². The van der Waals surface area contributed by atoms with Gasteiger partial charge >= 0.3 is 5.97 Å². The van der Waals surface area contributed by atoms with E-state index >= 15 is 0 Å². The lowest BCUT2D eigenvalue weighted by atomic mass is 10.1. The molecule has 30 heavy (non-hydrogen) atoms. The molecule has 3 rings (SSSR count). The SMILES string of the molecule is COC(=O)c1ccc([C@H](C[N+](=O)[O-])Sc2nnc(C)n2-c2ccc(OC)cc2)cc1. The molecule has 0 amide bonds. The van der Waals surface area contributed by atoms with Gasteiger partial charge in [-0.3, -0.25) is 14.7 Å². The number of ether oxygens (including phenoxy) is 2. The Labute approximate surface area is 177 Å². The van der Waals surface area contributed by atoms with Crippen molar-refractivity contribution in [2.45, 2.75) is 17.3 Å². The number of carbonyl (C=O) groups is 1. The first-order valence-electron chi connectivity index (χ1n) is 8.96. The molecule has 1 aromatic heterocycles. The maximum atomic E-state index is 11.6. The summed E-state index contributed by atoms with van der Waals surface area (Å²) in [6, 6.07) is 13.9. The Morgan fingerprint density at radius 2 is 1.80 bits per heavy atom. The normalized spacial score (nSPS) is 11.7. The van der Waals surface area contributed by atoms with Crippen molar-refractivity contribution in [2.75, 3.05) is 20.8 Å². The summed E-state index contributed by atoms with van der Waals surface area (Å²) in [5.74, 6) is 0.911. The van der Waals surface area contributed by atoms with Gasteiger partial charge in [-0.25, -0.2) is 4.79 Å². The van der Waals surface area contributed by atoms with Crippen LogP contribution in [0.3, 0.4) is 0 Å². The summed E-state index contributed by atoms with van der Waals surface area (Å²) in [7, 11) is 2.89. The molecule has 0 fully saturated rings. The molecule has 0 unspecified atom stereocenters.